The molecule has 0 aromatic carbocycles. The van der Waals surface area contributed by atoms with Crippen LogP contribution in [0.3, 0.4) is 0 Å². The summed E-state index contributed by atoms with van der Waals surface area (Å²) in [4.78, 5) is 24.1. The van der Waals surface area contributed by atoms with Crippen molar-refractivity contribution in [3.63, 3.8) is 0 Å². The first kappa shape index (κ1) is 19.2. The molecule has 3 aliphatic carbocycles. The maximum absolute atomic E-state index is 12.2. The van der Waals surface area contributed by atoms with E-state index in [1.165, 1.54) is 6.92 Å². The molecule has 4 fully saturated rings. The lowest BCUT2D eigenvalue weighted by atomic mass is 9.45. The molecular weight excluding hydrogens is 392 g/mol. The molecule has 0 unspecified atom stereocenters. The van der Waals surface area contributed by atoms with Crippen molar-refractivity contribution in [1.82, 2.24) is 0 Å². The second-order valence-corrected chi connectivity index (χ2v) is 10.4. The van der Waals surface area contributed by atoms with Gasteiger partial charge in [0.15, 0.2) is 11.7 Å². The molecule has 0 aromatic heterocycles. The maximum atomic E-state index is 12.2. The number of fused-ring (bicyclic) bond motifs is 2. The Labute approximate surface area is 174 Å². The van der Waals surface area contributed by atoms with Crippen molar-refractivity contribution in [3.05, 3.63) is 11.1 Å². The number of rotatable bonds is 2. The van der Waals surface area contributed by atoms with Gasteiger partial charge in [-0.15, -0.1) is 0 Å². The molecule has 2 saturated heterocycles. The van der Waals surface area contributed by atoms with Crippen LogP contribution < -0.4 is 0 Å². The fraction of sp³-hybridized carbons (Fsp3) is 0.818. The van der Waals surface area contributed by atoms with Crippen LogP contribution in [0.2, 0.25) is 0 Å². The Morgan fingerprint density at radius 2 is 2.03 bits per heavy atom. The summed E-state index contributed by atoms with van der Waals surface area (Å²) in [7, 11) is 0. The zero-order chi connectivity index (χ0) is 21.4. The van der Waals surface area contributed by atoms with Crippen molar-refractivity contribution < 1.29 is 38.7 Å². The van der Waals surface area contributed by atoms with Crippen molar-refractivity contribution >= 4 is 11.9 Å². The molecule has 6 aliphatic rings. The minimum atomic E-state index is -1.68. The lowest BCUT2D eigenvalue weighted by Gasteiger charge is -2.57. The van der Waals surface area contributed by atoms with Crippen LogP contribution in [0.4, 0.5) is 0 Å². The molecule has 2 spiro atoms. The third-order valence-corrected chi connectivity index (χ3v) is 9.16. The monoisotopic (exact) mass is 420 g/mol. The van der Waals surface area contributed by atoms with Crippen molar-refractivity contribution in [2.24, 2.45) is 17.3 Å². The Morgan fingerprint density at radius 3 is 2.70 bits per heavy atom. The predicted octanol–water partition coefficient (Wildman–Crippen LogP) is 0.628. The van der Waals surface area contributed by atoms with Crippen LogP contribution in [-0.2, 0) is 28.5 Å². The molecule has 0 bridgehead atoms. The first-order chi connectivity index (χ1) is 14.1. The van der Waals surface area contributed by atoms with E-state index in [2.05, 4.69) is 6.92 Å². The van der Waals surface area contributed by atoms with Crippen LogP contribution in [-0.4, -0.2) is 70.0 Å². The zero-order valence-electron chi connectivity index (χ0n) is 17.6. The fourth-order valence-electron chi connectivity index (χ4n) is 7.60. The van der Waals surface area contributed by atoms with Gasteiger partial charge in [-0.25, -0.2) is 4.79 Å². The van der Waals surface area contributed by atoms with Crippen molar-refractivity contribution in [2.45, 2.75) is 88.2 Å². The SMILES string of the molecule is CC(=O)O[C@@H]1[C@@H]2O[C@]23[C@]2(O[C@H]2C[C@H]2C4=C(CC[C@@]23C)C(=O)OC4)[C@H](O)[C@]1(O)C(C)C. The molecule has 2 saturated carbocycles. The van der Waals surface area contributed by atoms with Gasteiger partial charge in [0, 0.05) is 17.9 Å². The Kier molecular flexibility index (Phi) is 3.39. The number of carbonyl (C=O) groups excluding carboxylic acids is 2. The van der Waals surface area contributed by atoms with Crippen LogP contribution in [0, 0.1) is 17.3 Å². The number of aliphatic hydroxyl groups is 2. The summed E-state index contributed by atoms with van der Waals surface area (Å²) in [5.41, 5.74) is -2.23. The van der Waals surface area contributed by atoms with Crippen molar-refractivity contribution in [3.8, 4) is 0 Å². The number of ether oxygens (including phenoxy) is 4. The van der Waals surface area contributed by atoms with Crippen LogP contribution in [0.15, 0.2) is 11.1 Å². The first-order valence-corrected chi connectivity index (χ1v) is 10.9. The van der Waals surface area contributed by atoms with Crippen LogP contribution in [0.5, 0.6) is 0 Å². The Bertz CT molecular complexity index is 911. The van der Waals surface area contributed by atoms with E-state index in [-0.39, 0.29) is 23.9 Å². The predicted molar refractivity (Wildman–Crippen MR) is 100.0 cm³/mol. The van der Waals surface area contributed by atoms with Gasteiger partial charge in [0.1, 0.15) is 30.0 Å². The largest absolute Gasteiger partial charge is 0.458 e. The number of cyclic esters (lactones) is 1. The van der Waals surface area contributed by atoms with Gasteiger partial charge < -0.3 is 29.2 Å². The van der Waals surface area contributed by atoms with Gasteiger partial charge in [-0.1, -0.05) is 20.8 Å². The average Bonchev–Trinajstić information content (AvgIpc) is 3.56. The summed E-state index contributed by atoms with van der Waals surface area (Å²) in [6.45, 7) is 7.32. The highest BCUT2D eigenvalue weighted by atomic mass is 16.7. The topological polar surface area (TPSA) is 118 Å². The lowest BCUT2D eigenvalue weighted by Crippen LogP contribution is -2.76. The van der Waals surface area contributed by atoms with E-state index in [0.717, 1.165) is 11.1 Å². The standard InChI is InChI=1S/C22H28O8/c1-9(2)20(26)15(28-10(3)23)16-22(30-16)19(4)6-5-11-12(8-27-17(11)24)13(19)7-14-21(22,29-14)18(20)25/h9,13-16,18,25-26H,5-8H2,1-4H3/t13-,14-,15+,16-,18+,19-,20-,21+,22+/m0/s1. The maximum Gasteiger partial charge on any atom is 0.334 e. The summed E-state index contributed by atoms with van der Waals surface area (Å²) >= 11 is 0. The van der Waals surface area contributed by atoms with Gasteiger partial charge in [0.2, 0.25) is 0 Å². The summed E-state index contributed by atoms with van der Waals surface area (Å²) in [5.74, 6) is -1.12. The smallest absolute Gasteiger partial charge is 0.334 e. The second kappa shape index (κ2) is 5.28. The van der Waals surface area contributed by atoms with Crippen LogP contribution in [0.25, 0.3) is 0 Å². The average molecular weight is 420 g/mol. The summed E-state index contributed by atoms with van der Waals surface area (Å²) in [6, 6.07) is 0. The highest BCUT2D eigenvalue weighted by Gasteiger charge is 2.97. The molecule has 8 nitrogen and oxygen atoms in total. The van der Waals surface area contributed by atoms with E-state index in [4.69, 9.17) is 18.9 Å². The molecule has 0 amide bonds. The fourth-order valence-corrected chi connectivity index (χ4v) is 7.60. The van der Waals surface area contributed by atoms with Gasteiger partial charge in [0.05, 0.1) is 6.10 Å². The molecule has 3 aliphatic heterocycles. The molecule has 9 atom stereocenters. The number of esters is 2. The van der Waals surface area contributed by atoms with Gasteiger partial charge in [-0.2, -0.15) is 0 Å². The number of aliphatic hydroxyl groups excluding tert-OH is 1. The summed E-state index contributed by atoms with van der Waals surface area (Å²) in [6.07, 6.45) is -1.20. The molecular formula is C22H28O8. The van der Waals surface area contributed by atoms with E-state index in [1.807, 2.05) is 0 Å². The van der Waals surface area contributed by atoms with Crippen molar-refractivity contribution in [2.75, 3.05) is 6.61 Å². The third-order valence-electron chi connectivity index (χ3n) is 9.16. The van der Waals surface area contributed by atoms with Gasteiger partial charge in [-0.3, -0.25) is 4.79 Å². The molecule has 8 heteroatoms. The van der Waals surface area contributed by atoms with E-state index in [9.17, 15) is 19.8 Å². The normalized spacial score (nSPS) is 55.0. The quantitative estimate of drug-likeness (QED) is 0.493. The van der Waals surface area contributed by atoms with Crippen LogP contribution in [0.1, 0.15) is 47.0 Å². The Hall–Kier alpha value is -1.48. The molecule has 30 heavy (non-hydrogen) atoms. The van der Waals surface area contributed by atoms with Gasteiger partial charge in [0.25, 0.3) is 0 Å². The van der Waals surface area contributed by atoms with E-state index in [0.29, 0.717) is 25.9 Å². The Balaban J connectivity index is 1.50. The molecule has 164 valence electrons. The van der Waals surface area contributed by atoms with E-state index in [1.54, 1.807) is 13.8 Å². The molecule has 3 heterocycles. The molecule has 0 aromatic rings. The number of carbonyl (C=O) groups is 2. The minimum absolute atomic E-state index is 0.0220. The van der Waals surface area contributed by atoms with E-state index < -0.39 is 46.5 Å². The van der Waals surface area contributed by atoms with E-state index >= 15 is 0 Å². The highest BCUT2D eigenvalue weighted by molar-refractivity contribution is 5.92. The zero-order valence-corrected chi connectivity index (χ0v) is 17.6. The minimum Gasteiger partial charge on any atom is -0.458 e. The molecule has 6 rings (SSSR count). The van der Waals surface area contributed by atoms with Crippen molar-refractivity contribution in [1.29, 1.82) is 0 Å². The Morgan fingerprint density at radius 1 is 1.30 bits per heavy atom. The second-order valence-electron chi connectivity index (χ2n) is 10.4. The molecule has 2 N–H and O–H groups in total. The highest BCUT2D eigenvalue weighted by Crippen LogP contribution is 2.80. The lowest BCUT2D eigenvalue weighted by molar-refractivity contribution is -0.232. The van der Waals surface area contributed by atoms with Gasteiger partial charge >= 0.3 is 11.9 Å². The van der Waals surface area contributed by atoms with Gasteiger partial charge in [-0.05, 0) is 36.7 Å². The first-order valence-electron chi connectivity index (χ1n) is 10.9. The summed E-state index contributed by atoms with van der Waals surface area (Å²) < 4.78 is 23.6. The number of epoxide rings is 2. The molecule has 0 radical (unpaired) electrons. The number of hydrogen-bond acceptors (Lipinski definition) is 8. The van der Waals surface area contributed by atoms with Crippen LogP contribution >= 0.6 is 0 Å². The summed E-state index contributed by atoms with van der Waals surface area (Å²) in [5, 5.41) is 23.2. The third kappa shape index (κ3) is 1.74. The number of hydrogen-bond donors (Lipinski definition) is 2.